The van der Waals surface area contributed by atoms with E-state index in [0.717, 1.165) is 16.5 Å². The quantitative estimate of drug-likeness (QED) is 0.213. The molecule has 0 saturated heterocycles. The van der Waals surface area contributed by atoms with Gasteiger partial charge in [0.1, 0.15) is 18.2 Å². The zero-order valence-corrected chi connectivity index (χ0v) is 22.0. The van der Waals surface area contributed by atoms with E-state index in [4.69, 9.17) is 32.9 Å². The Hall–Kier alpha value is -2.74. The first-order valence-electron chi connectivity index (χ1n) is 10.9. The molecule has 0 radical (unpaired) electrons. The number of rotatable bonds is 7. The van der Waals surface area contributed by atoms with Crippen LogP contribution in [0.3, 0.4) is 0 Å². The van der Waals surface area contributed by atoms with Crippen LogP contribution in [0.15, 0.2) is 69.0 Å². The number of ether oxygens (including phenoxy) is 1. The van der Waals surface area contributed by atoms with Crippen molar-refractivity contribution in [1.82, 2.24) is 9.66 Å². The van der Waals surface area contributed by atoms with E-state index in [9.17, 15) is 9.18 Å². The van der Waals surface area contributed by atoms with E-state index < -0.39 is 0 Å². The van der Waals surface area contributed by atoms with Crippen LogP contribution in [0.4, 0.5) is 4.39 Å². The summed E-state index contributed by atoms with van der Waals surface area (Å²) >= 11 is 16.3. The van der Waals surface area contributed by atoms with E-state index >= 15 is 0 Å². The third-order valence-corrected chi connectivity index (χ3v) is 6.58. The van der Waals surface area contributed by atoms with Gasteiger partial charge in [-0.05, 0) is 60.0 Å². The van der Waals surface area contributed by atoms with Crippen molar-refractivity contribution in [2.24, 2.45) is 5.10 Å². The Morgan fingerprint density at radius 1 is 1.14 bits per heavy atom. The SMILES string of the molecule is CC[C@H](C)c1nc2ccc(Br)cc2c(=O)n1N=Cc1cc(Cl)c(OCc2ccc(F)cc2)c(Cl)c1. The summed E-state index contributed by atoms with van der Waals surface area (Å²) in [5, 5.41) is 5.48. The van der Waals surface area contributed by atoms with Gasteiger partial charge in [0.05, 0.1) is 27.2 Å². The van der Waals surface area contributed by atoms with Gasteiger partial charge in [-0.15, -0.1) is 0 Å². The van der Waals surface area contributed by atoms with Gasteiger partial charge in [-0.1, -0.05) is 65.1 Å². The first-order valence-corrected chi connectivity index (χ1v) is 12.4. The Labute approximate surface area is 220 Å². The summed E-state index contributed by atoms with van der Waals surface area (Å²) in [6.45, 7) is 4.21. The Morgan fingerprint density at radius 2 is 1.83 bits per heavy atom. The first-order chi connectivity index (χ1) is 16.8. The molecule has 0 saturated carbocycles. The maximum absolute atomic E-state index is 13.3. The van der Waals surface area contributed by atoms with Crippen LogP contribution in [-0.4, -0.2) is 15.9 Å². The van der Waals surface area contributed by atoms with E-state index in [0.29, 0.717) is 28.0 Å². The molecule has 0 fully saturated rings. The number of fused-ring (bicyclic) bond motifs is 1. The van der Waals surface area contributed by atoms with Gasteiger partial charge in [0.15, 0.2) is 5.75 Å². The van der Waals surface area contributed by atoms with Gasteiger partial charge in [0.25, 0.3) is 5.56 Å². The molecule has 0 aliphatic carbocycles. The first kappa shape index (κ1) is 25.4. The molecule has 1 aromatic heterocycles. The molecule has 1 atom stereocenters. The second-order valence-corrected chi connectivity index (χ2v) is 9.76. The lowest BCUT2D eigenvalue weighted by Crippen LogP contribution is -2.23. The van der Waals surface area contributed by atoms with Crippen molar-refractivity contribution >= 4 is 56.2 Å². The van der Waals surface area contributed by atoms with Gasteiger partial charge in [-0.2, -0.15) is 9.78 Å². The summed E-state index contributed by atoms with van der Waals surface area (Å²) in [6.07, 6.45) is 2.31. The van der Waals surface area contributed by atoms with Crippen LogP contribution < -0.4 is 10.3 Å². The normalized spacial score (nSPS) is 12.4. The highest BCUT2D eigenvalue weighted by atomic mass is 79.9. The molecule has 4 rings (SSSR count). The fourth-order valence-electron chi connectivity index (χ4n) is 3.43. The third kappa shape index (κ3) is 5.74. The van der Waals surface area contributed by atoms with Gasteiger partial charge in [0, 0.05) is 10.4 Å². The van der Waals surface area contributed by atoms with Crippen molar-refractivity contribution < 1.29 is 9.13 Å². The molecule has 0 aliphatic heterocycles. The monoisotopic (exact) mass is 575 g/mol. The Balaban J connectivity index is 1.66. The topological polar surface area (TPSA) is 56.5 Å². The fourth-order valence-corrected chi connectivity index (χ4v) is 4.41. The molecule has 1 heterocycles. The minimum atomic E-state index is -0.321. The van der Waals surface area contributed by atoms with Crippen molar-refractivity contribution in [2.45, 2.75) is 32.8 Å². The molecule has 0 unspecified atom stereocenters. The zero-order chi connectivity index (χ0) is 25.1. The summed E-state index contributed by atoms with van der Waals surface area (Å²) in [4.78, 5) is 18.0. The number of nitrogens with zero attached hydrogens (tertiary/aromatic N) is 3. The molecule has 5 nitrogen and oxygen atoms in total. The molecular weight excluding hydrogens is 556 g/mol. The van der Waals surface area contributed by atoms with E-state index in [1.807, 2.05) is 26.0 Å². The number of aromatic nitrogens is 2. The molecule has 0 bridgehead atoms. The standard InChI is InChI=1S/C26H21BrCl2FN3O2/c1-3-15(2)25-32-23-9-6-18(27)12-20(23)26(34)33(25)31-13-17-10-21(28)24(22(29)11-17)35-14-16-4-7-19(30)8-5-16/h4-13,15H,3,14H2,1-2H3/t15-/m0/s1. The Morgan fingerprint density at radius 3 is 2.49 bits per heavy atom. The van der Waals surface area contributed by atoms with E-state index in [-0.39, 0.29) is 33.9 Å². The number of hydrogen-bond donors (Lipinski definition) is 0. The van der Waals surface area contributed by atoms with Crippen molar-refractivity contribution in [1.29, 1.82) is 0 Å². The van der Waals surface area contributed by atoms with Gasteiger partial charge in [-0.3, -0.25) is 4.79 Å². The van der Waals surface area contributed by atoms with Gasteiger partial charge >= 0.3 is 0 Å². The zero-order valence-electron chi connectivity index (χ0n) is 18.9. The second kappa shape index (κ2) is 10.9. The predicted molar refractivity (Wildman–Crippen MR) is 143 cm³/mol. The molecule has 180 valence electrons. The lowest BCUT2D eigenvalue weighted by atomic mass is 10.1. The van der Waals surface area contributed by atoms with Crippen molar-refractivity contribution in [3.8, 4) is 5.75 Å². The number of halogens is 4. The van der Waals surface area contributed by atoms with Crippen LogP contribution in [0.5, 0.6) is 5.75 Å². The summed E-state index contributed by atoms with van der Waals surface area (Å²) in [5.41, 5.74) is 1.72. The second-order valence-electron chi connectivity index (χ2n) is 8.03. The molecule has 0 aliphatic rings. The Bertz CT molecular complexity index is 1450. The van der Waals surface area contributed by atoms with Crippen molar-refractivity contribution in [3.63, 3.8) is 0 Å². The summed E-state index contributed by atoms with van der Waals surface area (Å²) in [5.74, 6) is 0.574. The lowest BCUT2D eigenvalue weighted by molar-refractivity contribution is 0.306. The number of benzene rings is 3. The maximum atomic E-state index is 13.3. The van der Waals surface area contributed by atoms with E-state index in [2.05, 4.69) is 21.0 Å². The molecule has 0 spiro atoms. The average Bonchev–Trinajstić information content (AvgIpc) is 2.83. The third-order valence-electron chi connectivity index (χ3n) is 5.53. The fraction of sp³-hybridized carbons (Fsp3) is 0.192. The van der Waals surface area contributed by atoms with Gasteiger partial charge < -0.3 is 4.74 Å². The van der Waals surface area contributed by atoms with E-state index in [1.54, 1.807) is 30.3 Å². The smallest absolute Gasteiger partial charge is 0.282 e. The molecule has 0 N–H and O–H groups in total. The molecule has 3 aromatic carbocycles. The molecule has 9 heteroatoms. The summed E-state index contributed by atoms with van der Waals surface area (Å²) < 4.78 is 21.0. The minimum absolute atomic E-state index is 0.0160. The van der Waals surface area contributed by atoms with Gasteiger partial charge in [-0.25, -0.2) is 9.37 Å². The van der Waals surface area contributed by atoms with Crippen molar-refractivity contribution in [2.75, 3.05) is 0 Å². The number of hydrogen-bond acceptors (Lipinski definition) is 4. The Kier molecular flexibility index (Phi) is 7.89. The molecule has 35 heavy (non-hydrogen) atoms. The molecule has 0 amide bonds. The van der Waals surface area contributed by atoms with Gasteiger partial charge in [0.2, 0.25) is 0 Å². The largest absolute Gasteiger partial charge is 0.486 e. The highest BCUT2D eigenvalue weighted by molar-refractivity contribution is 9.10. The predicted octanol–water partition coefficient (Wildman–Crippen LogP) is 7.58. The molecule has 4 aromatic rings. The lowest BCUT2D eigenvalue weighted by Gasteiger charge is -2.14. The van der Waals surface area contributed by atoms with Crippen LogP contribution >= 0.6 is 39.1 Å². The summed E-state index contributed by atoms with van der Waals surface area (Å²) in [7, 11) is 0. The molecular formula is C26H21BrCl2FN3O2. The van der Waals surface area contributed by atoms with Crippen LogP contribution in [0, 0.1) is 5.82 Å². The van der Waals surface area contributed by atoms with Crippen LogP contribution in [-0.2, 0) is 6.61 Å². The average molecular weight is 577 g/mol. The highest BCUT2D eigenvalue weighted by Crippen LogP contribution is 2.34. The highest BCUT2D eigenvalue weighted by Gasteiger charge is 2.16. The summed E-state index contributed by atoms with van der Waals surface area (Å²) in [6, 6.07) is 14.7. The minimum Gasteiger partial charge on any atom is -0.486 e. The maximum Gasteiger partial charge on any atom is 0.282 e. The van der Waals surface area contributed by atoms with E-state index in [1.165, 1.54) is 23.0 Å². The van der Waals surface area contributed by atoms with Crippen LogP contribution in [0.1, 0.15) is 43.1 Å². The van der Waals surface area contributed by atoms with Crippen LogP contribution in [0.25, 0.3) is 10.9 Å². The van der Waals surface area contributed by atoms with Crippen LogP contribution in [0.2, 0.25) is 10.0 Å². The van der Waals surface area contributed by atoms with Crippen molar-refractivity contribution in [3.05, 3.63) is 102 Å².